The van der Waals surface area contributed by atoms with E-state index in [2.05, 4.69) is 22.0 Å². The van der Waals surface area contributed by atoms with Gasteiger partial charge in [-0.3, -0.25) is 4.79 Å². The maximum absolute atomic E-state index is 12.3. The molecule has 0 aliphatic heterocycles. The summed E-state index contributed by atoms with van der Waals surface area (Å²) in [7, 11) is 1.76. The fourth-order valence-electron chi connectivity index (χ4n) is 1.87. The lowest BCUT2D eigenvalue weighted by Gasteiger charge is -2.18. The van der Waals surface area contributed by atoms with Crippen LogP contribution in [0.4, 0.5) is 0 Å². The Morgan fingerprint density at radius 1 is 1.20 bits per heavy atom. The van der Waals surface area contributed by atoms with Crippen LogP contribution in [0.5, 0.6) is 0 Å². The molecular weight excluding hydrogens is 316 g/mol. The second-order valence-electron chi connectivity index (χ2n) is 4.45. The number of nitrogens with zero attached hydrogens (tertiary/aromatic N) is 2. The molecule has 0 unspecified atom stereocenters. The van der Waals surface area contributed by atoms with Crippen molar-refractivity contribution < 1.29 is 4.79 Å². The maximum Gasteiger partial charge on any atom is 0.255 e. The summed E-state index contributed by atoms with van der Waals surface area (Å²) < 4.78 is 0.789. The lowest BCUT2D eigenvalue weighted by atomic mass is 10.1. The molecule has 0 aliphatic carbocycles. The smallest absolute Gasteiger partial charge is 0.255 e. The Labute approximate surface area is 126 Å². The number of halogens is 1. The standard InChI is InChI=1S/C16H13BrN2O/c1-19(11-13-8-6-12(10-18)7-9-13)16(20)14-4-2-3-5-15(14)17/h2-9H,11H2,1H3. The molecule has 100 valence electrons. The molecule has 0 atom stereocenters. The molecule has 20 heavy (non-hydrogen) atoms. The zero-order valence-corrected chi connectivity index (χ0v) is 12.6. The van der Waals surface area contributed by atoms with Gasteiger partial charge in [-0.25, -0.2) is 0 Å². The van der Waals surface area contributed by atoms with E-state index < -0.39 is 0 Å². The zero-order valence-electron chi connectivity index (χ0n) is 11.0. The SMILES string of the molecule is CN(Cc1ccc(C#N)cc1)C(=O)c1ccccc1Br. The minimum atomic E-state index is -0.0400. The van der Waals surface area contributed by atoms with Crippen molar-refractivity contribution in [3.63, 3.8) is 0 Å². The number of benzene rings is 2. The van der Waals surface area contributed by atoms with Crippen molar-refractivity contribution >= 4 is 21.8 Å². The molecule has 0 saturated heterocycles. The third-order valence-electron chi connectivity index (χ3n) is 2.95. The minimum Gasteiger partial charge on any atom is -0.337 e. The first-order valence-corrected chi connectivity index (χ1v) is 6.90. The van der Waals surface area contributed by atoms with E-state index in [1.165, 1.54) is 0 Å². The van der Waals surface area contributed by atoms with Gasteiger partial charge in [-0.2, -0.15) is 5.26 Å². The van der Waals surface area contributed by atoms with E-state index in [9.17, 15) is 4.79 Å². The van der Waals surface area contributed by atoms with Crippen molar-refractivity contribution in [3.05, 3.63) is 69.7 Å². The van der Waals surface area contributed by atoms with Crippen LogP contribution in [0, 0.1) is 11.3 Å². The predicted molar refractivity (Wildman–Crippen MR) is 81.1 cm³/mol. The van der Waals surface area contributed by atoms with Crippen molar-refractivity contribution in [2.45, 2.75) is 6.54 Å². The summed E-state index contributed by atoms with van der Waals surface area (Å²) in [6, 6.07) is 16.7. The highest BCUT2D eigenvalue weighted by atomic mass is 79.9. The van der Waals surface area contributed by atoms with Crippen LogP contribution in [0.2, 0.25) is 0 Å². The van der Waals surface area contributed by atoms with Gasteiger partial charge >= 0.3 is 0 Å². The second-order valence-corrected chi connectivity index (χ2v) is 5.30. The van der Waals surface area contributed by atoms with Gasteiger partial charge in [0.15, 0.2) is 0 Å². The molecule has 2 rings (SSSR count). The van der Waals surface area contributed by atoms with Gasteiger partial charge in [-0.15, -0.1) is 0 Å². The van der Waals surface area contributed by atoms with Crippen LogP contribution in [-0.2, 0) is 6.54 Å². The average molecular weight is 329 g/mol. The molecule has 0 fully saturated rings. The molecule has 2 aromatic carbocycles. The molecule has 0 aromatic heterocycles. The van der Waals surface area contributed by atoms with Crippen molar-refractivity contribution in [1.29, 1.82) is 5.26 Å². The zero-order chi connectivity index (χ0) is 14.5. The summed E-state index contributed by atoms with van der Waals surface area (Å²) in [5.74, 6) is -0.0400. The first kappa shape index (κ1) is 14.3. The Morgan fingerprint density at radius 2 is 1.85 bits per heavy atom. The lowest BCUT2D eigenvalue weighted by Crippen LogP contribution is -2.26. The summed E-state index contributed by atoms with van der Waals surface area (Å²) in [5.41, 5.74) is 2.25. The van der Waals surface area contributed by atoms with Crippen LogP contribution in [-0.4, -0.2) is 17.9 Å². The van der Waals surface area contributed by atoms with E-state index in [1.54, 1.807) is 30.1 Å². The Balaban J connectivity index is 2.11. The third-order valence-corrected chi connectivity index (χ3v) is 3.65. The molecule has 0 radical (unpaired) electrons. The molecular formula is C16H13BrN2O. The lowest BCUT2D eigenvalue weighted by molar-refractivity contribution is 0.0784. The Morgan fingerprint density at radius 3 is 2.45 bits per heavy atom. The summed E-state index contributed by atoms with van der Waals surface area (Å²) in [4.78, 5) is 14.0. The van der Waals surface area contributed by atoms with Crippen molar-refractivity contribution in [2.75, 3.05) is 7.05 Å². The van der Waals surface area contributed by atoms with E-state index in [1.807, 2.05) is 30.3 Å². The fraction of sp³-hybridized carbons (Fsp3) is 0.125. The van der Waals surface area contributed by atoms with E-state index in [0.717, 1.165) is 10.0 Å². The normalized spacial score (nSPS) is 9.85. The monoisotopic (exact) mass is 328 g/mol. The number of nitriles is 1. The number of hydrogen-bond acceptors (Lipinski definition) is 2. The highest BCUT2D eigenvalue weighted by Crippen LogP contribution is 2.18. The van der Waals surface area contributed by atoms with Gasteiger partial charge in [0.2, 0.25) is 0 Å². The van der Waals surface area contributed by atoms with Crippen molar-refractivity contribution in [1.82, 2.24) is 4.90 Å². The molecule has 2 aromatic rings. The van der Waals surface area contributed by atoms with Crippen LogP contribution < -0.4 is 0 Å². The van der Waals surface area contributed by atoms with Gasteiger partial charge in [-0.05, 0) is 45.8 Å². The minimum absolute atomic E-state index is 0.0400. The van der Waals surface area contributed by atoms with Gasteiger partial charge in [0.1, 0.15) is 0 Å². The van der Waals surface area contributed by atoms with Gasteiger partial charge in [0.25, 0.3) is 5.91 Å². The number of rotatable bonds is 3. The highest BCUT2D eigenvalue weighted by Gasteiger charge is 2.14. The molecule has 1 amide bonds. The number of carbonyl (C=O) groups is 1. The molecule has 0 aliphatic rings. The summed E-state index contributed by atoms with van der Waals surface area (Å²) in [6.45, 7) is 0.506. The highest BCUT2D eigenvalue weighted by molar-refractivity contribution is 9.10. The van der Waals surface area contributed by atoms with Crippen molar-refractivity contribution in [2.24, 2.45) is 0 Å². The van der Waals surface area contributed by atoms with Gasteiger partial charge in [-0.1, -0.05) is 24.3 Å². The summed E-state index contributed by atoms with van der Waals surface area (Å²) in [6.07, 6.45) is 0. The Hall–Kier alpha value is -2.12. The van der Waals surface area contributed by atoms with Gasteiger partial charge in [0, 0.05) is 18.1 Å². The number of hydrogen-bond donors (Lipinski definition) is 0. The molecule has 3 nitrogen and oxygen atoms in total. The number of amides is 1. The molecule has 0 spiro atoms. The molecule has 0 N–H and O–H groups in total. The van der Waals surface area contributed by atoms with E-state index >= 15 is 0 Å². The first-order valence-electron chi connectivity index (χ1n) is 6.11. The van der Waals surface area contributed by atoms with Crippen LogP contribution in [0.15, 0.2) is 53.0 Å². The van der Waals surface area contributed by atoms with E-state index in [-0.39, 0.29) is 5.91 Å². The topological polar surface area (TPSA) is 44.1 Å². The van der Waals surface area contributed by atoms with Crippen LogP contribution in [0.25, 0.3) is 0 Å². The summed E-state index contributed by atoms with van der Waals surface area (Å²) >= 11 is 3.39. The largest absolute Gasteiger partial charge is 0.337 e. The van der Waals surface area contributed by atoms with E-state index in [4.69, 9.17) is 5.26 Å². The summed E-state index contributed by atoms with van der Waals surface area (Å²) in [5, 5.41) is 8.76. The average Bonchev–Trinajstić information content (AvgIpc) is 2.48. The Bertz CT molecular complexity index is 659. The molecule has 0 saturated carbocycles. The number of carbonyl (C=O) groups excluding carboxylic acids is 1. The molecule has 4 heteroatoms. The van der Waals surface area contributed by atoms with Gasteiger partial charge < -0.3 is 4.90 Å². The molecule has 0 heterocycles. The quantitative estimate of drug-likeness (QED) is 0.864. The maximum atomic E-state index is 12.3. The first-order chi connectivity index (χ1) is 9.61. The van der Waals surface area contributed by atoms with E-state index in [0.29, 0.717) is 17.7 Å². The third kappa shape index (κ3) is 3.25. The van der Waals surface area contributed by atoms with Crippen molar-refractivity contribution in [3.8, 4) is 6.07 Å². The van der Waals surface area contributed by atoms with Crippen LogP contribution in [0.1, 0.15) is 21.5 Å². The Kier molecular flexibility index (Phi) is 4.54. The molecule has 0 bridgehead atoms. The van der Waals surface area contributed by atoms with Crippen LogP contribution in [0.3, 0.4) is 0 Å². The van der Waals surface area contributed by atoms with Crippen LogP contribution >= 0.6 is 15.9 Å². The van der Waals surface area contributed by atoms with Gasteiger partial charge in [0.05, 0.1) is 17.2 Å². The predicted octanol–water partition coefficient (Wildman–Crippen LogP) is 3.59. The second kappa shape index (κ2) is 6.36. The fourth-order valence-corrected chi connectivity index (χ4v) is 2.33.